The SMILES string of the molecule is COc1cc(F)c(Br)cc1C(Cl)CC(F)(F)F. The van der Waals surface area contributed by atoms with Crippen molar-refractivity contribution in [1.82, 2.24) is 0 Å². The van der Waals surface area contributed by atoms with E-state index in [0.717, 1.165) is 6.07 Å². The lowest BCUT2D eigenvalue weighted by Gasteiger charge is -2.16. The molecule has 1 rings (SSSR count). The van der Waals surface area contributed by atoms with Gasteiger partial charge in [0.25, 0.3) is 0 Å². The van der Waals surface area contributed by atoms with E-state index in [4.69, 9.17) is 16.3 Å². The summed E-state index contributed by atoms with van der Waals surface area (Å²) in [5.74, 6) is -0.628. The van der Waals surface area contributed by atoms with Gasteiger partial charge in [-0.15, -0.1) is 11.6 Å². The number of hydrogen-bond donors (Lipinski definition) is 0. The Morgan fingerprint density at radius 2 is 2.00 bits per heavy atom. The highest BCUT2D eigenvalue weighted by atomic mass is 79.9. The summed E-state index contributed by atoms with van der Waals surface area (Å²) in [6, 6.07) is 2.18. The lowest BCUT2D eigenvalue weighted by atomic mass is 10.1. The van der Waals surface area contributed by atoms with Crippen molar-refractivity contribution in [3.8, 4) is 5.75 Å². The summed E-state index contributed by atoms with van der Waals surface area (Å²) in [6.07, 6.45) is -5.60. The molecule has 0 spiro atoms. The van der Waals surface area contributed by atoms with Gasteiger partial charge in [-0.25, -0.2) is 4.39 Å². The molecule has 1 unspecified atom stereocenters. The monoisotopic (exact) mass is 334 g/mol. The van der Waals surface area contributed by atoms with E-state index in [2.05, 4.69) is 15.9 Å². The van der Waals surface area contributed by atoms with E-state index in [1.165, 1.54) is 13.2 Å². The number of rotatable bonds is 3. The third-order valence-corrected chi connectivity index (χ3v) is 3.02. The first kappa shape index (κ1) is 14.6. The van der Waals surface area contributed by atoms with Crippen molar-refractivity contribution < 1.29 is 22.3 Å². The molecule has 0 aromatic heterocycles. The van der Waals surface area contributed by atoms with Crippen LogP contribution in [0.4, 0.5) is 17.6 Å². The molecule has 17 heavy (non-hydrogen) atoms. The van der Waals surface area contributed by atoms with Crippen LogP contribution >= 0.6 is 27.5 Å². The first-order chi connectivity index (χ1) is 7.74. The Kier molecular flexibility index (Phi) is 4.66. The fourth-order valence-electron chi connectivity index (χ4n) is 1.28. The van der Waals surface area contributed by atoms with E-state index in [-0.39, 0.29) is 15.8 Å². The van der Waals surface area contributed by atoms with Gasteiger partial charge in [0, 0.05) is 11.6 Å². The molecule has 0 saturated heterocycles. The summed E-state index contributed by atoms with van der Waals surface area (Å²) in [6.45, 7) is 0. The van der Waals surface area contributed by atoms with Gasteiger partial charge in [-0.3, -0.25) is 0 Å². The van der Waals surface area contributed by atoms with E-state index in [1.54, 1.807) is 0 Å². The quantitative estimate of drug-likeness (QED) is 0.568. The predicted octanol–water partition coefficient (Wildman–Crippen LogP) is 4.83. The maximum Gasteiger partial charge on any atom is 0.390 e. The second-order valence-electron chi connectivity index (χ2n) is 3.30. The summed E-state index contributed by atoms with van der Waals surface area (Å²) in [5.41, 5.74) is 0.0970. The Morgan fingerprint density at radius 1 is 1.41 bits per heavy atom. The van der Waals surface area contributed by atoms with Crippen molar-refractivity contribution in [2.75, 3.05) is 7.11 Å². The lowest BCUT2D eigenvalue weighted by Crippen LogP contribution is -2.11. The lowest BCUT2D eigenvalue weighted by molar-refractivity contribution is -0.134. The number of methoxy groups -OCH3 is 1. The van der Waals surface area contributed by atoms with Crippen LogP contribution < -0.4 is 4.74 Å². The zero-order valence-corrected chi connectivity index (χ0v) is 11.0. The topological polar surface area (TPSA) is 9.23 Å². The van der Waals surface area contributed by atoms with E-state index < -0.39 is 23.8 Å². The second kappa shape index (κ2) is 5.44. The van der Waals surface area contributed by atoms with E-state index in [1.807, 2.05) is 0 Å². The number of benzene rings is 1. The van der Waals surface area contributed by atoms with Crippen LogP contribution in [-0.4, -0.2) is 13.3 Å². The molecule has 0 amide bonds. The molecule has 1 atom stereocenters. The first-order valence-electron chi connectivity index (χ1n) is 4.48. The Bertz CT molecular complexity index is 408. The predicted molar refractivity (Wildman–Crippen MR) is 59.9 cm³/mol. The molecule has 0 bridgehead atoms. The van der Waals surface area contributed by atoms with Crippen molar-refractivity contribution in [3.63, 3.8) is 0 Å². The van der Waals surface area contributed by atoms with Gasteiger partial charge in [0.05, 0.1) is 23.4 Å². The van der Waals surface area contributed by atoms with Crippen LogP contribution in [0.25, 0.3) is 0 Å². The highest BCUT2D eigenvalue weighted by Crippen LogP contribution is 2.39. The molecule has 1 aromatic rings. The molecule has 0 heterocycles. The number of halogens is 6. The molecule has 1 aromatic carbocycles. The van der Waals surface area contributed by atoms with Crippen LogP contribution in [0.2, 0.25) is 0 Å². The molecular formula is C10H8BrClF4O. The van der Waals surface area contributed by atoms with Gasteiger partial charge in [0.1, 0.15) is 11.6 Å². The molecule has 0 aliphatic carbocycles. The summed E-state index contributed by atoms with van der Waals surface area (Å²) in [4.78, 5) is 0. The minimum absolute atomic E-state index is 0.00468. The molecule has 0 aliphatic heterocycles. The van der Waals surface area contributed by atoms with Gasteiger partial charge in [0.15, 0.2) is 0 Å². The first-order valence-corrected chi connectivity index (χ1v) is 5.71. The van der Waals surface area contributed by atoms with Crippen LogP contribution in [0.5, 0.6) is 5.75 Å². The molecule has 0 radical (unpaired) electrons. The normalized spacial score (nSPS) is 13.6. The minimum atomic E-state index is -4.39. The zero-order valence-electron chi connectivity index (χ0n) is 8.62. The maximum absolute atomic E-state index is 13.2. The molecular weight excluding hydrogens is 327 g/mol. The smallest absolute Gasteiger partial charge is 0.390 e. The number of alkyl halides is 4. The summed E-state index contributed by atoms with van der Waals surface area (Å²) >= 11 is 8.54. The molecule has 0 saturated carbocycles. The second-order valence-corrected chi connectivity index (χ2v) is 4.68. The van der Waals surface area contributed by atoms with Gasteiger partial charge >= 0.3 is 6.18 Å². The van der Waals surface area contributed by atoms with Crippen LogP contribution in [-0.2, 0) is 0 Å². The molecule has 7 heteroatoms. The van der Waals surface area contributed by atoms with Gasteiger partial charge < -0.3 is 4.74 Å². The van der Waals surface area contributed by atoms with Crippen molar-refractivity contribution in [3.05, 3.63) is 28.0 Å². The molecule has 1 nitrogen and oxygen atoms in total. The van der Waals surface area contributed by atoms with Crippen LogP contribution in [0.15, 0.2) is 16.6 Å². The van der Waals surface area contributed by atoms with Crippen molar-refractivity contribution in [2.24, 2.45) is 0 Å². The van der Waals surface area contributed by atoms with E-state index >= 15 is 0 Å². The van der Waals surface area contributed by atoms with Crippen molar-refractivity contribution in [1.29, 1.82) is 0 Å². The number of ether oxygens (including phenoxy) is 1. The largest absolute Gasteiger partial charge is 0.496 e. The summed E-state index contributed by atoms with van der Waals surface area (Å²) < 4.78 is 54.6. The summed E-state index contributed by atoms with van der Waals surface area (Å²) in [5, 5.41) is -1.32. The third-order valence-electron chi connectivity index (χ3n) is 2.02. The molecule has 0 fully saturated rings. The van der Waals surface area contributed by atoms with Gasteiger partial charge in [0.2, 0.25) is 0 Å². The standard InChI is InChI=1S/C10H8BrClF4O/c1-17-9-3-8(13)6(11)2-5(9)7(12)4-10(14,15)16/h2-3,7H,4H2,1H3. The van der Waals surface area contributed by atoms with Gasteiger partial charge in [-0.05, 0) is 22.0 Å². The fourth-order valence-corrected chi connectivity index (χ4v) is 1.99. The van der Waals surface area contributed by atoms with Crippen LogP contribution in [0.3, 0.4) is 0 Å². The molecule has 96 valence electrons. The Labute approximate surface area is 109 Å². The Morgan fingerprint density at radius 3 is 2.47 bits per heavy atom. The molecule has 0 N–H and O–H groups in total. The third kappa shape index (κ3) is 4.03. The number of hydrogen-bond acceptors (Lipinski definition) is 1. The Hall–Kier alpha value is -0.490. The van der Waals surface area contributed by atoms with Crippen LogP contribution in [0, 0.1) is 5.82 Å². The van der Waals surface area contributed by atoms with Gasteiger partial charge in [-0.1, -0.05) is 0 Å². The van der Waals surface area contributed by atoms with E-state index in [9.17, 15) is 17.6 Å². The average Bonchev–Trinajstić information content (AvgIpc) is 2.18. The Balaban J connectivity index is 3.08. The maximum atomic E-state index is 13.2. The highest BCUT2D eigenvalue weighted by Gasteiger charge is 2.33. The van der Waals surface area contributed by atoms with E-state index in [0.29, 0.717) is 0 Å². The summed E-state index contributed by atoms with van der Waals surface area (Å²) in [7, 11) is 1.24. The zero-order chi connectivity index (χ0) is 13.2. The highest BCUT2D eigenvalue weighted by molar-refractivity contribution is 9.10. The minimum Gasteiger partial charge on any atom is -0.496 e. The van der Waals surface area contributed by atoms with Crippen LogP contribution in [0.1, 0.15) is 17.4 Å². The van der Waals surface area contributed by atoms with Crippen molar-refractivity contribution >= 4 is 27.5 Å². The average molecular weight is 336 g/mol. The van der Waals surface area contributed by atoms with Crippen molar-refractivity contribution in [2.45, 2.75) is 18.0 Å². The molecule has 0 aliphatic rings. The fraction of sp³-hybridized carbons (Fsp3) is 0.400. The van der Waals surface area contributed by atoms with Gasteiger partial charge in [-0.2, -0.15) is 13.2 Å².